The number of carboxylic acids is 1. The number of hydrogen-bond acceptors (Lipinski definition) is 4. The van der Waals surface area contributed by atoms with Crippen LogP contribution < -0.4 is 4.72 Å². The number of halogens is 1. The molecule has 1 heterocycles. The molecule has 0 aliphatic carbocycles. The van der Waals surface area contributed by atoms with Gasteiger partial charge in [-0.2, -0.15) is 5.10 Å². The van der Waals surface area contributed by atoms with Gasteiger partial charge in [0.2, 0.25) is 0 Å². The van der Waals surface area contributed by atoms with E-state index in [9.17, 15) is 17.6 Å². The smallest absolute Gasteiger partial charge is 0.325 e. The summed E-state index contributed by atoms with van der Waals surface area (Å²) < 4.78 is 40.7. The lowest BCUT2D eigenvalue weighted by Gasteiger charge is -2.07. The molecular weight excluding hydrogens is 301 g/mol. The van der Waals surface area contributed by atoms with Crippen LogP contribution in [0.2, 0.25) is 0 Å². The van der Waals surface area contributed by atoms with Crippen molar-refractivity contribution in [3.8, 4) is 0 Å². The van der Waals surface area contributed by atoms with Gasteiger partial charge in [-0.15, -0.1) is 0 Å². The normalized spacial score (nSPS) is 11.3. The van der Waals surface area contributed by atoms with Crippen LogP contribution in [0.4, 0.5) is 10.1 Å². The molecular formula is C12H12FN3O4S. The molecule has 1 aromatic carbocycles. The van der Waals surface area contributed by atoms with Gasteiger partial charge in [0.05, 0.1) is 11.9 Å². The minimum atomic E-state index is -3.95. The molecule has 0 spiro atoms. The van der Waals surface area contributed by atoms with Gasteiger partial charge >= 0.3 is 5.97 Å². The van der Waals surface area contributed by atoms with Crippen molar-refractivity contribution in [3.63, 3.8) is 0 Å². The summed E-state index contributed by atoms with van der Waals surface area (Å²) in [6.07, 6.45) is 2.11. The molecule has 0 radical (unpaired) electrons. The van der Waals surface area contributed by atoms with E-state index in [0.29, 0.717) is 5.56 Å². The Bertz CT molecular complexity index is 786. The lowest BCUT2D eigenvalue weighted by molar-refractivity contribution is -0.137. The zero-order valence-electron chi connectivity index (χ0n) is 10.9. The van der Waals surface area contributed by atoms with Crippen molar-refractivity contribution < 1.29 is 22.7 Å². The summed E-state index contributed by atoms with van der Waals surface area (Å²) in [5, 5.41) is 12.2. The minimum Gasteiger partial charge on any atom is -0.480 e. The molecule has 0 saturated heterocycles. The van der Waals surface area contributed by atoms with E-state index in [1.54, 1.807) is 6.92 Å². The number of carbonyl (C=O) groups is 1. The summed E-state index contributed by atoms with van der Waals surface area (Å²) in [6, 6.07) is 3.94. The van der Waals surface area contributed by atoms with E-state index in [1.807, 2.05) is 0 Å². The molecule has 7 nitrogen and oxygen atoms in total. The SMILES string of the molecule is Cc1ccc(NS(=O)(=O)c2cnn(CC(=O)O)c2)cc1F. The van der Waals surface area contributed by atoms with Gasteiger partial charge in [0, 0.05) is 6.20 Å². The largest absolute Gasteiger partial charge is 0.480 e. The molecule has 0 atom stereocenters. The van der Waals surface area contributed by atoms with Gasteiger partial charge in [0.25, 0.3) is 10.0 Å². The van der Waals surface area contributed by atoms with Gasteiger partial charge in [-0.1, -0.05) is 6.07 Å². The second-order valence-corrected chi connectivity index (χ2v) is 6.02. The van der Waals surface area contributed by atoms with Gasteiger partial charge in [0.15, 0.2) is 0 Å². The van der Waals surface area contributed by atoms with Crippen LogP contribution in [-0.4, -0.2) is 29.3 Å². The van der Waals surface area contributed by atoms with Gasteiger partial charge in [-0.3, -0.25) is 14.2 Å². The van der Waals surface area contributed by atoms with Crippen LogP contribution in [0.1, 0.15) is 5.56 Å². The maximum atomic E-state index is 13.4. The van der Waals surface area contributed by atoms with Crippen LogP contribution in [0, 0.1) is 12.7 Å². The minimum absolute atomic E-state index is 0.0732. The first-order chi connectivity index (χ1) is 9.78. The number of nitrogens with zero attached hydrogens (tertiary/aromatic N) is 2. The summed E-state index contributed by atoms with van der Waals surface area (Å²) in [4.78, 5) is 10.3. The molecule has 0 aliphatic rings. The first-order valence-corrected chi connectivity index (χ1v) is 7.29. The Morgan fingerprint density at radius 1 is 1.48 bits per heavy atom. The van der Waals surface area contributed by atoms with E-state index in [0.717, 1.165) is 23.1 Å². The number of aliphatic carboxylic acids is 1. The molecule has 0 bridgehead atoms. The Labute approximate surface area is 120 Å². The third kappa shape index (κ3) is 3.57. The summed E-state index contributed by atoms with van der Waals surface area (Å²) >= 11 is 0. The van der Waals surface area contributed by atoms with Crippen molar-refractivity contribution in [2.45, 2.75) is 18.4 Å². The maximum absolute atomic E-state index is 13.4. The molecule has 2 N–H and O–H groups in total. The van der Waals surface area contributed by atoms with Crippen molar-refractivity contribution in [2.24, 2.45) is 0 Å². The number of aromatic nitrogens is 2. The molecule has 0 amide bonds. The number of rotatable bonds is 5. The standard InChI is InChI=1S/C12H12FN3O4S/c1-8-2-3-9(4-11(8)13)15-21(19,20)10-5-14-16(6-10)7-12(17)18/h2-6,15H,7H2,1H3,(H,17,18). The fraction of sp³-hybridized carbons (Fsp3) is 0.167. The fourth-order valence-electron chi connectivity index (χ4n) is 1.58. The number of aryl methyl sites for hydroxylation is 1. The van der Waals surface area contributed by atoms with Crippen LogP contribution in [0.25, 0.3) is 0 Å². The number of benzene rings is 1. The topological polar surface area (TPSA) is 101 Å². The summed E-state index contributed by atoms with van der Waals surface area (Å²) in [7, 11) is -3.95. The highest BCUT2D eigenvalue weighted by Gasteiger charge is 2.17. The Balaban J connectivity index is 2.23. The van der Waals surface area contributed by atoms with E-state index in [-0.39, 0.29) is 10.6 Å². The average Bonchev–Trinajstić information content (AvgIpc) is 2.82. The lowest BCUT2D eigenvalue weighted by atomic mass is 10.2. The summed E-state index contributed by atoms with van der Waals surface area (Å²) in [6.45, 7) is 1.11. The Morgan fingerprint density at radius 3 is 2.81 bits per heavy atom. The zero-order valence-corrected chi connectivity index (χ0v) is 11.8. The monoisotopic (exact) mass is 313 g/mol. The van der Waals surface area contributed by atoms with E-state index in [2.05, 4.69) is 9.82 Å². The molecule has 0 fully saturated rings. The predicted molar refractivity (Wildman–Crippen MR) is 71.8 cm³/mol. The molecule has 2 aromatic rings. The highest BCUT2D eigenvalue weighted by molar-refractivity contribution is 7.92. The van der Waals surface area contributed by atoms with E-state index in [4.69, 9.17) is 5.11 Å². The molecule has 0 saturated carbocycles. The highest BCUT2D eigenvalue weighted by Crippen LogP contribution is 2.18. The second kappa shape index (κ2) is 5.52. The fourth-order valence-corrected chi connectivity index (χ4v) is 2.58. The Kier molecular flexibility index (Phi) is 3.94. The molecule has 0 aliphatic heterocycles. The Morgan fingerprint density at radius 2 is 2.19 bits per heavy atom. The maximum Gasteiger partial charge on any atom is 0.325 e. The Hall–Kier alpha value is -2.42. The van der Waals surface area contributed by atoms with Crippen molar-refractivity contribution in [3.05, 3.63) is 42.0 Å². The van der Waals surface area contributed by atoms with Crippen LogP contribution in [0.15, 0.2) is 35.5 Å². The van der Waals surface area contributed by atoms with Crippen molar-refractivity contribution in [1.82, 2.24) is 9.78 Å². The number of anilines is 1. The molecule has 9 heteroatoms. The second-order valence-electron chi connectivity index (χ2n) is 4.34. The van der Waals surface area contributed by atoms with Crippen molar-refractivity contribution in [1.29, 1.82) is 0 Å². The molecule has 0 unspecified atom stereocenters. The van der Waals surface area contributed by atoms with E-state index in [1.165, 1.54) is 12.1 Å². The molecule has 21 heavy (non-hydrogen) atoms. The van der Waals surface area contributed by atoms with Crippen molar-refractivity contribution >= 4 is 21.7 Å². The summed E-state index contributed by atoms with van der Waals surface area (Å²) in [5.41, 5.74) is 0.469. The predicted octanol–water partition coefficient (Wildman–Crippen LogP) is 1.22. The van der Waals surface area contributed by atoms with Crippen LogP contribution >= 0.6 is 0 Å². The molecule has 112 valence electrons. The third-order valence-corrected chi connectivity index (χ3v) is 3.98. The van der Waals surface area contributed by atoms with Crippen LogP contribution in [-0.2, 0) is 21.4 Å². The van der Waals surface area contributed by atoms with Gasteiger partial charge in [0.1, 0.15) is 17.3 Å². The first-order valence-electron chi connectivity index (χ1n) is 5.81. The van der Waals surface area contributed by atoms with Crippen LogP contribution in [0.3, 0.4) is 0 Å². The van der Waals surface area contributed by atoms with E-state index >= 15 is 0 Å². The van der Waals surface area contributed by atoms with Crippen LogP contribution in [0.5, 0.6) is 0 Å². The van der Waals surface area contributed by atoms with Gasteiger partial charge < -0.3 is 5.11 Å². The quantitative estimate of drug-likeness (QED) is 0.864. The average molecular weight is 313 g/mol. The first kappa shape index (κ1) is 15.0. The third-order valence-electron chi connectivity index (χ3n) is 2.64. The number of nitrogens with one attached hydrogen (secondary N) is 1. The molecule has 1 aromatic heterocycles. The lowest BCUT2D eigenvalue weighted by Crippen LogP contribution is -2.13. The number of sulfonamides is 1. The highest BCUT2D eigenvalue weighted by atomic mass is 32.2. The zero-order chi connectivity index (χ0) is 15.6. The molecule has 2 rings (SSSR count). The number of hydrogen-bond donors (Lipinski definition) is 2. The van der Waals surface area contributed by atoms with Gasteiger partial charge in [-0.05, 0) is 24.6 Å². The summed E-state index contributed by atoms with van der Waals surface area (Å²) in [5.74, 6) is -1.67. The van der Waals surface area contributed by atoms with Crippen molar-refractivity contribution in [2.75, 3.05) is 4.72 Å². The van der Waals surface area contributed by atoms with Gasteiger partial charge in [-0.25, -0.2) is 12.8 Å². The van der Waals surface area contributed by atoms with E-state index < -0.39 is 28.4 Å². The number of carboxylic acid groups (broad SMARTS) is 1.